The van der Waals surface area contributed by atoms with Gasteiger partial charge in [0.2, 0.25) is 0 Å². The molecular weight excluding hydrogens is 212 g/mol. The van der Waals surface area contributed by atoms with Crippen LogP contribution < -0.4 is 0 Å². The second-order valence-electron chi connectivity index (χ2n) is 4.42. The Balaban J connectivity index is 2.28. The predicted molar refractivity (Wildman–Crippen MR) is 67.8 cm³/mol. The molecule has 0 saturated carbocycles. The molecule has 2 nitrogen and oxygen atoms in total. The average Bonchev–Trinajstić information content (AvgIpc) is 2.73. The van der Waals surface area contributed by atoms with Crippen LogP contribution in [0.3, 0.4) is 0 Å². The first-order chi connectivity index (χ1) is 8.24. The number of rotatable bonds is 3. The van der Waals surface area contributed by atoms with Gasteiger partial charge in [0.25, 0.3) is 0 Å². The van der Waals surface area contributed by atoms with Crippen molar-refractivity contribution < 1.29 is 9.53 Å². The van der Waals surface area contributed by atoms with Crippen molar-refractivity contribution >= 4 is 5.97 Å². The molecule has 0 N–H and O–H groups in total. The molecule has 0 heterocycles. The van der Waals surface area contributed by atoms with Crippen molar-refractivity contribution in [2.45, 2.75) is 32.6 Å². The van der Waals surface area contributed by atoms with Crippen LogP contribution in [0.2, 0.25) is 0 Å². The fourth-order valence-corrected chi connectivity index (χ4v) is 2.48. The molecule has 1 aliphatic carbocycles. The van der Waals surface area contributed by atoms with E-state index >= 15 is 0 Å². The Morgan fingerprint density at radius 3 is 2.71 bits per heavy atom. The summed E-state index contributed by atoms with van der Waals surface area (Å²) >= 11 is 0. The van der Waals surface area contributed by atoms with Crippen LogP contribution in [0, 0.1) is 0 Å². The van der Waals surface area contributed by atoms with Crippen molar-refractivity contribution in [3.8, 4) is 0 Å². The quantitative estimate of drug-likeness (QED) is 0.743. The van der Waals surface area contributed by atoms with Gasteiger partial charge in [0, 0.05) is 11.5 Å². The van der Waals surface area contributed by atoms with Gasteiger partial charge in [0.1, 0.15) is 0 Å². The summed E-state index contributed by atoms with van der Waals surface area (Å²) in [6.45, 7) is 4.33. The third-order valence-corrected chi connectivity index (χ3v) is 3.31. The fraction of sp³-hybridized carbons (Fsp3) is 0.400. The highest BCUT2D eigenvalue weighted by molar-refractivity contribution is 5.91. The van der Waals surface area contributed by atoms with Crippen LogP contribution >= 0.6 is 0 Å². The van der Waals surface area contributed by atoms with Gasteiger partial charge in [-0.3, -0.25) is 0 Å². The summed E-state index contributed by atoms with van der Waals surface area (Å²) in [5, 5.41) is 0. The molecule has 1 aromatic carbocycles. The zero-order valence-corrected chi connectivity index (χ0v) is 10.4. The molecule has 17 heavy (non-hydrogen) atoms. The second-order valence-corrected chi connectivity index (χ2v) is 4.42. The van der Waals surface area contributed by atoms with E-state index in [-0.39, 0.29) is 11.9 Å². The number of hydrogen-bond donors (Lipinski definition) is 0. The van der Waals surface area contributed by atoms with Crippen LogP contribution in [-0.4, -0.2) is 12.6 Å². The standard InChI is InChI=1S/C15H18O2/c1-3-17-15(16)14-11(2)9-10-13(14)12-7-5-4-6-8-12/h4-8,13H,3,9-10H2,1-2H3. The van der Waals surface area contributed by atoms with Crippen molar-refractivity contribution in [1.29, 1.82) is 0 Å². The van der Waals surface area contributed by atoms with Gasteiger partial charge >= 0.3 is 5.97 Å². The fourth-order valence-electron chi connectivity index (χ4n) is 2.48. The molecule has 1 aliphatic rings. The number of carbonyl (C=O) groups is 1. The SMILES string of the molecule is CCOC(=O)C1=C(C)CCC1c1ccccc1. The van der Waals surface area contributed by atoms with Gasteiger partial charge in [-0.1, -0.05) is 35.9 Å². The molecule has 1 atom stereocenters. The molecule has 1 unspecified atom stereocenters. The monoisotopic (exact) mass is 230 g/mol. The maximum atomic E-state index is 12.0. The summed E-state index contributed by atoms with van der Waals surface area (Å²) in [5.74, 6) is 0.0756. The minimum Gasteiger partial charge on any atom is -0.463 e. The second kappa shape index (κ2) is 5.17. The molecule has 90 valence electrons. The van der Waals surface area contributed by atoms with Crippen molar-refractivity contribution in [1.82, 2.24) is 0 Å². The van der Waals surface area contributed by atoms with E-state index in [1.807, 2.05) is 32.0 Å². The van der Waals surface area contributed by atoms with E-state index in [0.717, 1.165) is 18.4 Å². The lowest BCUT2D eigenvalue weighted by molar-refractivity contribution is -0.138. The van der Waals surface area contributed by atoms with Crippen LogP contribution in [0.15, 0.2) is 41.5 Å². The summed E-state index contributed by atoms with van der Waals surface area (Å²) in [6, 6.07) is 10.2. The summed E-state index contributed by atoms with van der Waals surface area (Å²) in [6.07, 6.45) is 2.01. The molecule has 0 aliphatic heterocycles. The zero-order chi connectivity index (χ0) is 12.3. The van der Waals surface area contributed by atoms with Crippen molar-refractivity contribution in [3.63, 3.8) is 0 Å². The van der Waals surface area contributed by atoms with Gasteiger partial charge in [-0.2, -0.15) is 0 Å². The number of hydrogen-bond acceptors (Lipinski definition) is 2. The molecular formula is C15H18O2. The molecule has 0 fully saturated rings. The molecule has 0 amide bonds. The van der Waals surface area contributed by atoms with Gasteiger partial charge < -0.3 is 4.74 Å². The van der Waals surface area contributed by atoms with Gasteiger partial charge in [0.05, 0.1) is 6.61 Å². The Morgan fingerprint density at radius 1 is 1.35 bits per heavy atom. The van der Waals surface area contributed by atoms with Gasteiger partial charge in [-0.15, -0.1) is 0 Å². The van der Waals surface area contributed by atoms with E-state index in [9.17, 15) is 4.79 Å². The first-order valence-corrected chi connectivity index (χ1v) is 6.15. The highest BCUT2D eigenvalue weighted by Gasteiger charge is 2.30. The Hall–Kier alpha value is -1.57. The zero-order valence-electron chi connectivity index (χ0n) is 10.4. The lowest BCUT2D eigenvalue weighted by Crippen LogP contribution is -2.12. The molecule has 1 aromatic rings. The van der Waals surface area contributed by atoms with E-state index in [4.69, 9.17) is 4.74 Å². The van der Waals surface area contributed by atoms with E-state index in [1.165, 1.54) is 11.1 Å². The smallest absolute Gasteiger partial charge is 0.334 e. The van der Waals surface area contributed by atoms with Gasteiger partial charge in [-0.25, -0.2) is 4.79 Å². The van der Waals surface area contributed by atoms with Gasteiger partial charge in [-0.05, 0) is 32.3 Å². The molecule has 2 heteroatoms. The summed E-state index contributed by atoms with van der Waals surface area (Å²) in [5.41, 5.74) is 3.27. The van der Waals surface area contributed by atoms with Crippen molar-refractivity contribution in [2.24, 2.45) is 0 Å². The van der Waals surface area contributed by atoms with Crippen LogP contribution in [-0.2, 0) is 9.53 Å². The minimum absolute atomic E-state index is 0.142. The largest absolute Gasteiger partial charge is 0.463 e. The summed E-state index contributed by atoms with van der Waals surface area (Å²) in [4.78, 5) is 12.0. The topological polar surface area (TPSA) is 26.3 Å². The first-order valence-electron chi connectivity index (χ1n) is 6.15. The Kier molecular flexibility index (Phi) is 3.62. The third-order valence-electron chi connectivity index (χ3n) is 3.31. The molecule has 0 spiro atoms. The molecule has 0 bridgehead atoms. The van der Waals surface area contributed by atoms with E-state index in [2.05, 4.69) is 12.1 Å². The maximum absolute atomic E-state index is 12.0. The van der Waals surface area contributed by atoms with Crippen LogP contribution in [0.5, 0.6) is 0 Å². The van der Waals surface area contributed by atoms with Crippen LogP contribution in [0.4, 0.5) is 0 Å². The molecule has 0 radical (unpaired) electrons. The number of allylic oxidation sites excluding steroid dienone is 1. The summed E-state index contributed by atoms with van der Waals surface area (Å²) < 4.78 is 5.15. The predicted octanol–water partition coefficient (Wildman–Crippen LogP) is 3.44. The van der Waals surface area contributed by atoms with E-state index in [1.54, 1.807) is 0 Å². The molecule has 0 saturated heterocycles. The molecule has 0 aromatic heterocycles. The first kappa shape index (κ1) is 11.9. The third kappa shape index (κ3) is 2.41. The Labute approximate surface area is 102 Å². The van der Waals surface area contributed by atoms with Crippen molar-refractivity contribution in [3.05, 3.63) is 47.0 Å². The average molecular weight is 230 g/mol. The maximum Gasteiger partial charge on any atom is 0.334 e. The Morgan fingerprint density at radius 2 is 2.06 bits per heavy atom. The number of benzene rings is 1. The summed E-state index contributed by atoms with van der Waals surface area (Å²) in [7, 11) is 0. The molecule has 2 rings (SSSR count). The lowest BCUT2D eigenvalue weighted by Gasteiger charge is -2.14. The minimum atomic E-state index is -0.142. The number of carbonyl (C=O) groups excluding carboxylic acids is 1. The van der Waals surface area contributed by atoms with Crippen LogP contribution in [0.25, 0.3) is 0 Å². The number of ether oxygens (including phenoxy) is 1. The van der Waals surface area contributed by atoms with E-state index < -0.39 is 0 Å². The van der Waals surface area contributed by atoms with Crippen LogP contribution in [0.1, 0.15) is 38.2 Å². The normalized spacial score (nSPS) is 19.5. The number of esters is 1. The lowest BCUT2D eigenvalue weighted by atomic mass is 9.92. The highest BCUT2D eigenvalue weighted by Crippen LogP contribution is 2.39. The Bertz CT molecular complexity index is 431. The van der Waals surface area contributed by atoms with Crippen molar-refractivity contribution in [2.75, 3.05) is 6.61 Å². The highest BCUT2D eigenvalue weighted by atomic mass is 16.5. The van der Waals surface area contributed by atoms with E-state index in [0.29, 0.717) is 6.61 Å². The van der Waals surface area contributed by atoms with Gasteiger partial charge in [0.15, 0.2) is 0 Å².